The first-order chi connectivity index (χ1) is 10.2. The van der Waals surface area contributed by atoms with Crippen LogP contribution >= 0.6 is 0 Å². The third kappa shape index (κ3) is 4.69. The van der Waals surface area contributed by atoms with Crippen LogP contribution in [0.3, 0.4) is 0 Å². The van der Waals surface area contributed by atoms with Crippen LogP contribution < -0.4 is 0 Å². The average molecular weight is 296 g/mol. The lowest BCUT2D eigenvalue weighted by Crippen LogP contribution is -2.52. The van der Waals surface area contributed by atoms with E-state index in [1.54, 1.807) is 0 Å². The summed E-state index contributed by atoms with van der Waals surface area (Å²) in [7, 11) is 0. The van der Waals surface area contributed by atoms with Crippen molar-refractivity contribution in [2.24, 2.45) is 0 Å². The molecule has 2 fully saturated rings. The van der Waals surface area contributed by atoms with Gasteiger partial charge in [-0.1, -0.05) is 65.2 Å². The van der Waals surface area contributed by atoms with Crippen molar-refractivity contribution in [2.45, 2.75) is 109 Å². The van der Waals surface area contributed by atoms with Crippen LogP contribution in [0.4, 0.5) is 0 Å². The Kier molecular flexibility index (Phi) is 7.01. The number of hydrogen-bond donors (Lipinski definition) is 0. The Morgan fingerprint density at radius 3 is 2.14 bits per heavy atom. The van der Waals surface area contributed by atoms with Gasteiger partial charge in [0.1, 0.15) is 0 Å². The molecule has 2 nitrogen and oxygen atoms in total. The molecule has 3 atom stereocenters. The highest BCUT2D eigenvalue weighted by molar-refractivity contribution is 5.00. The molecule has 0 aromatic carbocycles. The van der Waals surface area contributed by atoms with E-state index in [4.69, 9.17) is 4.74 Å². The molecule has 124 valence electrons. The molecule has 2 saturated heterocycles. The van der Waals surface area contributed by atoms with Crippen LogP contribution in [0.2, 0.25) is 0 Å². The SMILES string of the molecule is CCCCCCCC(C)(CCCCC)N1CC2C[C@H]1CO2. The number of rotatable bonds is 11. The highest BCUT2D eigenvalue weighted by Gasteiger charge is 2.46. The van der Waals surface area contributed by atoms with Crippen LogP contribution in [0, 0.1) is 0 Å². The zero-order valence-electron chi connectivity index (χ0n) is 14.7. The van der Waals surface area contributed by atoms with Crippen molar-refractivity contribution in [3.63, 3.8) is 0 Å². The second-order valence-electron chi connectivity index (χ2n) is 7.62. The summed E-state index contributed by atoms with van der Waals surface area (Å²) >= 11 is 0. The van der Waals surface area contributed by atoms with Gasteiger partial charge in [-0.3, -0.25) is 4.90 Å². The van der Waals surface area contributed by atoms with Crippen LogP contribution in [-0.2, 0) is 4.74 Å². The van der Waals surface area contributed by atoms with Crippen molar-refractivity contribution in [1.82, 2.24) is 4.90 Å². The lowest BCUT2D eigenvalue weighted by atomic mass is 9.86. The van der Waals surface area contributed by atoms with Gasteiger partial charge in [0, 0.05) is 18.1 Å². The number of morpholine rings is 1. The molecular formula is C19H37NO. The molecule has 2 unspecified atom stereocenters. The van der Waals surface area contributed by atoms with E-state index in [0.29, 0.717) is 11.6 Å². The quantitative estimate of drug-likeness (QED) is 0.488. The smallest absolute Gasteiger partial charge is 0.0718 e. The first-order valence-electron chi connectivity index (χ1n) is 9.58. The van der Waals surface area contributed by atoms with Gasteiger partial charge in [0.25, 0.3) is 0 Å². The summed E-state index contributed by atoms with van der Waals surface area (Å²) in [5.41, 5.74) is 0.435. The first kappa shape index (κ1) is 17.3. The molecule has 0 saturated carbocycles. The molecule has 2 rings (SSSR count). The maximum absolute atomic E-state index is 5.82. The summed E-state index contributed by atoms with van der Waals surface area (Å²) < 4.78 is 5.82. The molecule has 2 bridgehead atoms. The fraction of sp³-hybridized carbons (Fsp3) is 1.00. The maximum Gasteiger partial charge on any atom is 0.0718 e. The van der Waals surface area contributed by atoms with Crippen LogP contribution in [0.5, 0.6) is 0 Å². The molecular weight excluding hydrogens is 258 g/mol. The highest BCUT2D eigenvalue weighted by atomic mass is 16.5. The molecule has 0 radical (unpaired) electrons. The Bertz CT molecular complexity index is 293. The molecule has 0 aromatic heterocycles. The molecule has 2 heteroatoms. The molecule has 0 spiro atoms. The molecule has 21 heavy (non-hydrogen) atoms. The third-order valence-corrected chi connectivity index (χ3v) is 5.73. The van der Waals surface area contributed by atoms with E-state index in [9.17, 15) is 0 Å². The topological polar surface area (TPSA) is 12.5 Å². The number of nitrogens with zero attached hydrogens (tertiary/aromatic N) is 1. The predicted molar refractivity (Wildman–Crippen MR) is 90.8 cm³/mol. The number of likely N-dealkylation sites (tertiary alicyclic amines) is 1. The Balaban J connectivity index is 1.84. The van der Waals surface area contributed by atoms with Gasteiger partial charge in [-0.15, -0.1) is 0 Å². The van der Waals surface area contributed by atoms with Crippen LogP contribution in [0.25, 0.3) is 0 Å². The zero-order chi connectivity index (χ0) is 15.1. The van der Waals surface area contributed by atoms with Gasteiger partial charge in [-0.2, -0.15) is 0 Å². The van der Waals surface area contributed by atoms with E-state index in [0.717, 1.165) is 12.6 Å². The lowest BCUT2D eigenvalue weighted by molar-refractivity contribution is -0.0277. The minimum absolute atomic E-state index is 0.435. The lowest BCUT2D eigenvalue weighted by Gasteiger charge is -2.44. The second kappa shape index (κ2) is 8.53. The predicted octanol–water partition coefficient (Wildman–Crippen LogP) is 5.16. The molecule has 2 aliphatic heterocycles. The van der Waals surface area contributed by atoms with E-state index in [-0.39, 0.29) is 0 Å². The number of ether oxygens (including phenoxy) is 1. The van der Waals surface area contributed by atoms with E-state index in [2.05, 4.69) is 25.7 Å². The molecule has 0 N–H and O–H groups in total. The molecule has 0 aliphatic carbocycles. The van der Waals surface area contributed by atoms with Gasteiger partial charge < -0.3 is 4.74 Å². The second-order valence-corrected chi connectivity index (χ2v) is 7.62. The molecule has 2 heterocycles. The Hall–Kier alpha value is -0.0800. The number of hydrogen-bond acceptors (Lipinski definition) is 2. The Morgan fingerprint density at radius 2 is 1.57 bits per heavy atom. The normalized spacial score (nSPS) is 28.1. The summed E-state index contributed by atoms with van der Waals surface area (Å²) in [5, 5.41) is 0. The van der Waals surface area contributed by atoms with Crippen molar-refractivity contribution >= 4 is 0 Å². The van der Waals surface area contributed by atoms with Gasteiger partial charge >= 0.3 is 0 Å². The standard InChI is InChI=1S/C19H37NO/c1-4-6-8-9-11-13-19(3,12-10-7-5-2)20-15-18-14-17(20)16-21-18/h17-18H,4-16H2,1-3H3/t17-,18?,19?/m0/s1. The Morgan fingerprint density at radius 1 is 0.952 bits per heavy atom. The van der Waals surface area contributed by atoms with Gasteiger partial charge in [0.05, 0.1) is 12.7 Å². The average Bonchev–Trinajstić information content (AvgIpc) is 3.10. The summed E-state index contributed by atoms with van der Waals surface area (Å²) in [6, 6.07) is 0.720. The van der Waals surface area contributed by atoms with Crippen LogP contribution in [-0.4, -0.2) is 35.7 Å². The van der Waals surface area contributed by atoms with Gasteiger partial charge in [-0.25, -0.2) is 0 Å². The van der Waals surface area contributed by atoms with Crippen molar-refractivity contribution in [3.05, 3.63) is 0 Å². The zero-order valence-corrected chi connectivity index (χ0v) is 14.7. The minimum Gasteiger partial charge on any atom is -0.375 e. The molecule has 0 amide bonds. The Labute approximate surface area is 132 Å². The highest BCUT2D eigenvalue weighted by Crippen LogP contribution is 2.39. The van der Waals surface area contributed by atoms with Crippen molar-refractivity contribution < 1.29 is 4.74 Å². The van der Waals surface area contributed by atoms with E-state index in [1.807, 2.05) is 0 Å². The summed E-state index contributed by atoms with van der Waals surface area (Å²) in [6.45, 7) is 9.35. The van der Waals surface area contributed by atoms with Gasteiger partial charge in [0.15, 0.2) is 0 Å². The number of fused-ring (bicyclic) bond motifs is 2. The summed E-state index contributed by atoms with van der Waals surface area (Å²) in [4.78, 5) is 2.83. The third-order valence-electron chi connectivity index (χ3n) is 5.73. The first-order valence-corrected chi connectivity index (χ1v) is 9.58. The largest absolute Gasteiger partial charge is 0.375 e. The number of unbranched alkanes of at least 4 members (excludes halogenated alkanes) is 6. The summed E-state index contributed by atoms with van der Waals surface area (Å²) in [5.74, 6) is 0. The van der Waals surface area contributed by atoms with Crippen LogP contribution in [0.1, 0.15) is 91.4 Å². The molecule has 2 aliphatic rings. The van der Waals surface area contributed by atoms with Crippen molar-refractivity contribution in [2.75, 3.05) is 13.2 Å². The van der Waals surface area contributed by atoms with E-state index < -0.39 is 0 Å². The molecule has 0 aromatic rings. The van der Waals surface area contributed by atoms with Crippen LogP contribution in [0.15, 0.2) is 0 Å². The fourth-order valence-electron chi connectivity index (χ4n) is 4.34. The monoisotopic (exact) mass is 295 g/mol. The van der Waals surface area contributed by atoms with E-state index in [1.165, 1.54) is 77.2 Å². The van der Waals surface area contributed by atoms with Gasteiger partial charge in [-0.05, 0) is 26.2 Å². The van der Waals surface area contributed by atoms with Gasteiger partial charge in [0.2, 0.25) is 0 Å². The summed E-state index contributed by atoms with van der Waals surface area (Å²) in [6.07, 6.45) is 15.8. The maximum atomic E-state index is 5.82. The fourth-order valence-corrected chi connectivity index (χ4v) is 4.34. The van der Waals surface area contributed by atoms with Crippen molar-refractivity contribution in [3.8, 4) is 0 Å². The van der Waals surface area contributed by atoms with E-state index >= 15 is 0 Å². The van der Waals surface area contributed by atoms with Crippen molar-refractivity contribution in [1.29, 1.82) is 0 Å². The minimum atomic E-state index is 0.435.